The van der Waals surface area contributed by atoms with Crippen molar-refractivity contribution in [1.82, 2.24) is 5.43 Å². The number of nitrogens with one attached hydrogen (secondary N) is 1. The summed E-state index contributed by atoms with van der Waals surface area (Å²) in [6, 6.07) is 24.0. The maximum Gasteiger partial charge on any atom is 0.275 e. The maximum atomic E-state index is 12.6. The van der Waals surface area contributed by atoms with Crippen LogP contribution >= 0.6 is 23.2 Å². The summed E-state index contributed by atoms with van der Waals surface area (Å²) >= 11 is 12.1. The highest BCUT2D eigenvalue weighted by Crippen LogP contribution is 2.26. The molecule has 4 rings (SSSR count). The normalized spacial score (nSPS) is 11.0. The number of ether oxygens (including phenoxy) is 2. The van der Waals surface area contributed by atoms with Crippen molar-refractivity contribution in [2.24, 2.45) is 5.10 Å². The average molecular weight is 479 g/mol. The van der Waals surface area contributed by atoms with Crippen molar-refractivity contribution in [3.05, 3.63) is 106 Å². The number of fused-ring (bicyclic) bond motifs is 1. The van der Waals surface area contributed by atoms with Gasteiger partial charge in [-0.15, -0.1) is 0 Å². The van der Waals surface area contributed by atoms with Crippen molar-refractivity contribution in [1.29, 1.82) is 0 Å². The molecule has 0 aliphatic carbocycles. The predicted molar refractivity (Wildman–Crippen MR) is 133 cm³/mol. The van der Waals surface area contributed by atoms with Gasteiger partial charge in [0.2, 0.25) is 0 Å². The molecule has 5 nitrogen and oxygen atoms in total. The SMILES string of the molecule is COc1cc2ccccc2cc1C(=O)NN=Cc1ccc(OCc2ccc(Cl)cc2Cl)cc1. The second-order valence-electron chi connectivity index (χ2n) is 7.19. The van der Waals surface area contributed by atoms with Crippen molar-refractivity contribution in [3.8, 4) is 11.5 Å². The fraction of sp³-hybridized carbons (Fsp3) is 0.0769. The maximum absolute atomic E-state index is 12.6. The summed E-state index contributed by atoms with van der Waals surface area (Å²) < 4.78 is 11.2. The molecule has 0 spiro atoms. The van der Waals surface area contributed by atoms with Crippen molar-refractivity contribution < 1.29 is 14.3 Å². The Hall–Kier alpha value is -3.54. The van der Waals surface area contributed by atoms with E-state index in [-0.39, 0.29) is 5.91 Å². The van der Waals surface area contributed by atoms with Gasteiger partial charge in [-0.3, -0.25) is 4.79 Å². The summed E-state index contributed by atoms with van der Waals surface area (Å²) in [6.45, 7) is 0.326. The van der Waals surface area contributed by atoms with Crippen LogP contribution in [0.5, 0.6) is 11.5 Å². The molecule has 1 amide bonds. The lowest BCUT2D eigenvalue weighted by Gasteiger charge is -2.09. The van der Waals surface area contributed by atoms with Gasteiger partial charge in [0.15, 0.2) is 0 Å². The zero-order valence-corrected chi connectivity index (χ0v) is 19.2. The predicted octanol–water partition coefficient (Wildman–Crippen LogP) is 6.50. The zero-order valence-electron chi connectivity index (χ0n) is 17.7. The number of hydrogen-bond donors (Lipinski definition) is 1. The van der Waals surface area contributed by atoms with Crippen molar-refractivity contribution in [2.75, 3.05) is 7.11 Å². The summed E-state index contributed by atoms with van der Waals surface area (Å²) in [7, 11) is 1.54. The summed E-state index contributed by atoms with van der Waals surface area (Å²) in [5.41, 5.74) is 4.62. The van der Waals surface area contributed by atoms with Crippen LogP contribution < -0.4 is 14.9 Å². The van der Waals surface area contributed by atoms with Gasteiger partial charge in [-0.05, 0) is 64.9 Å². The van der Waals surface area contributed by atoms with E-state index in [1.165, 1.54) is 7.11 Å². The van der Waals surface area contributed by atoms with E-state index in [1.807, 2.05) is 60.7 Å². The number of hydrazone groups is 1. The first-order valence-electron chi connectivity index (χ1n) is 10.1. The van der Waals surface area contributed by atoms with Gasteiger partial charge in [0.25, 0.3) is 5.91 Å². The molecule has 33 heavy (non-hydrogen) atoms. The molecule has 0 saturated carbocycles. The van der Waals surface area contributed by atoms with E-state index in [0.717, 1.165) is 21.9 Å². The zero-order chi connectivity index (χ0) is 23.2. The minimum absolute atomic E-state index is 0.326. The van der Waals surface area contributed by atoms with Crippen molar-refractivity contribution in [2.45, 2.75) is 6.61 Å². The van der Waals surface area contributed by atoms with Crippen LogP contribution in [-0.2, 0) is 6.61 Å². The monoisotopic (exact) mass is 478 g/mol. The number of carbonyl (C=O) groups excluding carboxylic acids is 1. The summed E-state index contributed by atoms with van der Waals surface area (Å²) in [4.78, 5) is 12.6. The number of halogens is 2. The second kappa shape index (κ2) is 10.4. The first kappa shape index (κ1) is 22.6. The van der Waals surface area contributed by atoms with Crippen LogP contribution in [0, 0.1) is 0 Å². The number of benzene rings is 4. The molecule has 0 fully saturated rings. The van der Waals surface area contributed by atoms with E-state index in [9.17, 15) is 4.79 Å². The first-order valence-corrected chi connectivity index (χ1v) is 10.9. The van der Waals surface area contributed by atoms with Crippen molar-refractivity contribution >= 4 is 46.1 Å². The lowest BCUT2D eigenvalue weighted by Crippen LogP contribution is -2.18. The number of hydrogen-bond acceptors (Lipinski definition) is 4. The molecule has 0 aliphatic rings. The van der Waals surface area contributed by atoms with E-state index >= 15 is 0 Å². The van der Waals surface area contributed by atoms with Crippen LogP contribution in [0.1, 0.15) is 21.5 Å². The number of nitrogens with zero attached hydrogens (tertiary/aromatic N) is 1. The smallest absolute Gasteiger partial charge is 0.275 e. The second-order valence-corrected chi connectivity index (χ2v) is 8.04. The number of carbonyl (C=O) groups is 1. The lowest BCUT2D eigenvalue weighted by atomic mass is 10.1. The van der Waals surface area contributed by atoms with Crippen LogP contribution in [0.3, 0.4) is 0 Å². The van der Waals surface area contributed by atoms with Gasteiger partial charge in [0, 0.05) is 15.6 Å². The Morgan fingerprint density at radius 3 is 2.39 bits per heavy atom. The third-order valence-corrected chi connectivity index (χ3v) is 5.57. The molecule has 0 heterocycles. The van der Waals surface area contributed by atoms with Gasteiger partial charge in [-0.1, -0.05) is 53.5 Å². The Labute approximate surface area is 201 Å². The van der Waals surface area contributed by atoms with Crippen LogP contribution in [0.25, 0.3) is 10.8 Å². The minimum Gasteiger partial charge on any atom is -0.496 e. The van der Waals surface area contributed by atoms with E-state index in [2.05, 4.69) is 10.5 Å². The van der Waals surface area contributed by atoms with E-state index in [0.29, 0.717) is 33.7 Å². The molecule has 0 bridgehead atoms. The molecule has 4 aromatic rings. The Morgan fingerprint density at radius 2 is 1.70 bits per heavy atom. The molecule has 0 radical (unpaired) electrons. The Kier molecular flexibility index (Phi) is 7.13. The fourth-order valence-electron chi connectivity index (χ4n) is 3.24. The van der Waals surface area contributed by atoms with E-state index in [4.69, 9.17) is 32.7 Å². The molecular weight excluding hydrogens is 459 g/mol. The molecule has 0 aromatic heterocycles. The fourth-order valence-corrected chi connectivity index (χ4v) is 3.70. The van der Waals surface area contributed by atoms with Crippen LogP contribution in [0.4, 0.5) is 0 Å². The molecular formula is C26H20Cl2N2O3. The average Bonchev–Trinajstić information content (AvgIpc) is 2.83. The largest absolute Gasteiger partial charge is 0.496 e. The third kappa shape index (κ3) is 5.64. The molecule has 7 heteroatoms. The number of methoxy groups -OCH3 is 1. The molecule has 4 aromatic carbocycles. The van der Waals surface area contributed by atoms with Gasteiger partial charge < -0.3 is 9.47 Å². The Bertz CT molecular complexity index is 1320. The number of amides is 1. The highest BCUT2D eigenvalue weighted by atomic mass is 35.5. The molecule has 0 atom stereocenters. The Balaban J connectivity index is 1.37. The van der Waals surface area contributed by atoms with Gasteiger partial charge in [-0.2, -0.15) is 5.10 Å². The molecule has 0 saturated heterocycles. The topological polar surface area (TPSA) is 59.9 Å². The third-order valence-electron chi connectivity index (χ3n) is 4.98. The molecule has 1 N–H and O–H groups in total. The van der Waals surface area contributed by atoms with Gasteiger partial charge in [-0.25, -0.2) is 5.43 Å². The highest BCUT2D eigenvalue weighted by molar-refractivity contribution is 6.35. The molecule has 0 unspecified atom stereocenters. The van der Waals surface area contributed by atoms with E-state index < -0.39 is 0 Å². The molecule has 166 valence electrons. The first-order chi connectivity index (χ1) is 16.0. The standard InChI is InChI=1S/C26H20Cl2N2O3/c1-32-25-13-19-5-3-2-4-18(19)12-23(25)26(31)30-29-15-17-6-10-22(11-7-17)33-16-20-8-9-21(27)14-24(20)28/h2-15H,16H2,1H3,(H,30,31). The van der Waals surface area contributed by atoms with Crippen LogP contribution in [0.2, 0.25) is 10.0 Å². The van der Waals surface area contributed by atoms with Crippen molar-refractivity contribution in [3.63, 3.8) is 0 Å². The quantitative estimate of drug-likeness (QED) is 0.243. The van der Waals surface area contributed by atoms with Crippen LogP contribution in [-0.4, -0.2) is 19.2 Å². The highest BCUT2D eigenvalue weighted by Gasteiger charge is 2.13. The van der Waals surface area contributed by atoms with Crippen LogP contribution in [0.15, 0.2) is 84.0 Å². The van der Waals surface area contributed by atoms with E-state index in [1.54, 1.807) is 24.4 Å². The minimum atomic E-state index is -0.353. The summed E-state index contributed by atoms with van der Waals surface area (Å²) in [6.07, 6.45) is 1.56. The Morgan fingerprint density at radius 1 is 0.970 bits per heavy atom. The van der Waals surface area contributed by atoms with Gasteiger partial charge in [0.1, 0.15) is 18.1 Å². The molecule has 0 aliphatic heterocycles. The van der Waals surface area contributed by atoms with Gasteiger partial charge in [0.05, 0.1) is 18.9 Å². The lowest BCUT2D eigenvalue weighted by molar-refractivity contribution is 0.0952. The number of rotatable bonds is 7. The summed E-state index contributed by atoms with van der Waals surface area (Å²) in [5, 5.41) is 7.15. The summed E-state index contributed by atoms with van der Waals surface area (Å²) in [5.74, 6) is 0.820. The van der Waals surface area contributed by atoms with Gasteiger partial charge >= 0.3 is 0 Å².